The predicted octanol–water partition coefficient (Wildman–Crippen LogP) is 2.30. The molecular weight excluding hydrogens is 398 g/mol. The molecule has 144 valence electrons. The van der Waals surface area contributed by atoms with Gasteiger partial charge in [0.25, 0.3) is 11.6 Å². The highest BCUT2D eigenvalue weighted by molar-refractivity contribution is 7.89. The van der Waals surface area contributed by atoms with Gasteiger partial charge in [-0.1, -0.05) is 11.6 Å². The molecule has 0 radical (unpaired) electrons. The molecule has 3 rings (SSSR count). The number of furan rings is 1. The number of hydrogen-bond acceptors (Lipinski definition) is 6. The summed E-state index contributed by atoms with van der Waals surface area (Å²) in [5, 5.41) is 11.2. The lowest BCUT2D eigenvalue weighted by molar-refractivity contribution is -0.385. The van der Waals surface area contributed by atoms with Crippen LogP contribution in [0, 0.1) is 17.0 Å². The molecule has 0 atom stereocenters. The molecule has 0 aliphatic carbocycles. The van der Waals surface area contributed by atoms with Gasteiger partial charge in [0.2, 0.25) is 10.0 Å². The number of amides is 1. The van der Waals surface area contributed by atoms with Gasteiger partial charge in [-0.05, 0) is 25.1 Å². The molecule has 0 spiro atoms. The predicted molar refractivity (Wildman–Crippen MR) is 96.2 cm³/mol. The topological polar surface area (TPSA) is 114 Å². The SMILES string of the molecule is Cc1c(Cl)cc(S(=O)(=O)N2CCN(C(=O)c3ccco3)CC2)cc1[N+](=O)[O-]. The van der Waals surface area contributed by atoms with Gasteiger partial charge in [-0.2, -0.15) is 4.31 Å². The standard InChI is InChI=1S/C16H16ClN3O6S/c1-11-13(17)9-12(10-14(11)20(22)23)27(24,25)19-6-4-18(5-7-19)16(21)15-3-2-8-26-15/h2-3,8-10H,4-7H2,1H3. The summed E-state index contributed by atoms with van der Waals surface area (Å²) in [5.74, 6) is -0.127. The number of rotatable bonds is 4. The molecule has 0 unspecified atom stereocenters. The highest BCUT2D eigenvalue weighted by atomic mass is 35.5. The molecule has 27 heavy (non-hydrogen) atoms. The Morgan fingerprint density at radius 3 is 2.48 bits per heavy atom. The van der Waals surface area contributed by atoms with Crippen LogP contribution < -0.4 is 0 Å². The third-order valence-electron chi connectivity index (χ3n) is 4.38. The van der Waals surface area contributed by atoms with E-state index in [-0.39, 0.29) is 59.0 Å². The van der Waals surface area contributed by atoms with Crippen molar-refractivity contribution in [1.82, 2.24) is 9.21 Å². The molecule has 1 amide bonds. The summed E-state index contributed by atoms with van der Waals surface area (Å²) in [5.41, 5.74) is -0.151. The van der Waals surface area contributed by atoms with Crippen LogP contribution in [0.15, 0.2) is 39.8 Å². The van der Waals surface area contributed by atoms with Gasteiger partial charge >= 0.3 is 0 Å². The number of piperazine rings is 1. The van der Waals surface area contributed by atoms with Crippen molar-refractivity contribution >= 4 is 33.2 Å². The van der Waals surface area contributed by atoms with Crippen LogP contribution in [0.2, 0.25) is 5.02 Å². The van der Waals surface area contributed by atoms with Crippen LogP contribution in [-0.2, 0) is 10.0 Å². The molecular formula is C16H16ClN3O6S. The molecule has 1 fully saturated rings. The number of nitrogens with zero attached hydrogens (tertiary/aromatic N) is 3. The van der Waals surface area contributed by atoms with Crippen molar-refractivity contribution < 1.29 is 22.6 Å². The first-order chi connectivity index (χ1) is 12.7. The lowest BCUT2D eigenvalue weighted by Gasteiger charge is -2.33. The molecule has 0 N–H and O–H groups in total. The quantitative estimate of drug-likeness (QED) is 0.561. The molecule has 1 aliphatic heterocycles. The van der Waals surface area contributed by atoms with Gasteiger partial charge < -0.3 is 9.32 Å². The zero-order valence-electron chi connectivity index (χ0n) is 14.3. The van der Waals surface area contributed by atoms with Crippen LogP contribution in [0.3, 0.4) is 0 Å². The fourth-order valence-electron chi connectivity index (χ4n) is 2.82. The maximum absolute atomic E-state index is 12.9. The van der Waals surface area contributed by atoms with Crippen LogP contribution in [0.25, 0.3) is 0 Å². The third-order valence-corrected chi connectivity index (χ3v) is 6.65. The third kappa shape index (κ3) is 3.68. The van der Waals surface area contributed by atoms with Gasteiger partial charge in [0, 0.05) is 37.8 Å². The maximum Gasteiger partial charge on any atom is 0.289 e. The number of nitro benzene ring substituents is 1. The lowest BCUT2D eigenvalue weighted by Crippen LogP contribution is -2.50. The Morgan fingerprint density at radius 2 is 1.93 bits per heavy atom. The molecule has 11 heteroatoms. The number of sulfonamides is 1. The summed E-state index contributed by atoms with van der Waals surface area (Å²) in [6.45, 7) is 1.94. The summed E-state index contributed by atoms with van der Waals surface area (Å²) in [6, 6.07) is 5.36. The van der Waals surface area contributed by atoms with E-state index in [9.17, 15) is 23.3 Å². The van der Waals surface area contributed by atoms with Crippen LogP contribution in [0.4, 0.5) is 5.69 Å². The Kier molecular flexibility index (Phi) is 5.22. The average Bonchev–Trinajstić information content (AvgIpc) is 3.17. The first kappa shape index (κ1) is 19.3. The van der Waals surface area contributed by atoms with Crippen molar-refractivity contribution in [2.24, 2.45) is 0 Å². The van der Waals surface area contributed by atoms with Crippen molar-refractivity contribution in [3.05, 3.63) is 57.0 Å². The molecule has 1 saturated heterocycles. The second kappa shape index (κ2) is 7.29. The number of carbonyl (C=O) groups excluding carboxylic acids is 1. The molecule has 0 bridgehead atoms. The van der Waals surface area contributed by atoms with E-state index in [1.54, 1.807) is 12.1 Å². The Labute approximate surface area is 160 Å². The smallest absolute Gasteiger partial charge is 0.289 e. The molecule has 1 aromatic carbocycles. The van der Waals surface area contributed by atoms with Crippen LogP contribution in [0.5, 0.6) is 0 Å². The van der Waals surface area contributed by atoms with E-state index in [2.05, 4.69) is 0 Å². The van der Waals surface area contributed by atoms with E-state index in [0.717, 1.165) is 6.07 Å². The summed E-state index contributed by atoms with van der Waals surface area (Å²) in [4.78, 5) is 24.0. The minimum absolute atomic E-state index is 0.00871. The van der Waals surface area contributed by atoms with Crippen LogP contribution >= 0.6 is 11.6 Å². The number of nitro groups is 1. The van der Waals surface area contributed by atoms with Crippen molar-refractivity contribution in [2.45, 2.75) is 11.8 Å². The van der Waals surface area contributed by atoms with Gasteiger partial charge in [0.15, 0.2) is 5.76 Å². The van der Waals surface area contributed by atoms with Crippen molar-refractivity contribution in [3.63, 3.8) is 0 Å². The Bertz CT molecular complexity index is 982. The average molecular weight is 414 g/mol. The van der Waals surface area contributed by atoms with Gasteiger partial charge in [-0.3, -0.25) is 14.9 Å². The van der Waals surface area contributed by atoms with Gasteiger partial charge in [0.05, 0.1) is 21.1 Å². The van der Waals surface area contributed by atoms with E-state index in [0.29, 0.717) is 0 Å². The van der Waals surface area contributed by atoms with E-state index < -0.39 is 14.9 Å². The maximum atomic E-state index is 12.9. The number of hydrogen-bond donors (Lipinski definition) is 0. The minimum Gasteiger partial charge on any atom is -0.459 e. The first-order valence-corrected chi connectivity index (χ1v) is 9.81. The Hall–Kier alpha value is -2.43. The Balaban J connectivity index is 1.79. The van der Waals surface area contributed by atoms with E-state index in [4.69, 9.17) is 16.0 Å². The van der Waals surface area contributed by atoms with Gasteiger partial charge in [-0.25, -0.2) is 8.42 Å². The molecule has 9 nitrogen and oxygen atoms in total. The fourth-order valence-corrected chi connectivity index (χ4v) is 4.56. The van der Waals surface area contributed by atoms with Crippen LogP contribution in [0.1, 0.15) is 16.1 Å². The lowest BCUT2D eigenvalue weighted by atomic mass is 10.2. The van der Waals surface area contributed by atoms with E-state index >= 15 is 0 Å². The van der Waals surface area contributed by atoms with Crippen molar-refractivity contribution in [3.8, 4) is 0 Å². The monoisotopic (exact) mass is 413 g/mol. The summed E-state index contributed by atoms with van der Waals surface area (Å²) in [7, 11) is -3.98. The molecule has 2 aromatic rings. The Morgan fingerprint density at radius 1 is 1.26 bits per heavy atom. The van der Waals surface area contributed by atoms with Crippen molar-refractivity contribution in [2.75, 3.05) is 26.2 Å². The highest BCUT2D eigenvalue weighted by Gasteiger charge is 2.32. The van der Waals surface area contributed by atoms with Gasteiger partial charge in [-0.15, -0.1) is 0 Å². The number of carbonyl (C=O) groups is 1. The summed E-state index contributed by atoms with van der Waals surface area (Å²) < 4.78 is 32.0. The zero-order valence-corrected chi connectivity index (χ0v) is 15.9. The molecule has 2 heterocycles. The first-order valence-electron chi connectivity index (χ1n) is 7.99. The normalized spacial score (nSPS) is 15.7. The minimum atomic E-state index is -3.98. The highest BCUT2D eigenvalue weighted by Crippen LogP contribution is 2.31. The zero-order chi connectivity index (χ0) is 19.8. The summed E-state index contributed by atoms with van der Waals surface area (Å²) >= 11 is 5.98. The largest absolute Gasteiger partial charge is 0.459 e. The van der Waals surface area contributed by atoms with Crippen molar-refractivity contribution in [1.29, 1.82) is 0 Å². The summed E-state index contributed by atoms with van der Waals surface area (Å²) in [6.07, 6.45) is 1.39. The van der Waals surface area contributed by atoms with Gasteiger partial charge in [0.1, 0.15) is 0 Å². The fraction of sp³-hybridized carbons (Fsp3) is 0.312. The van der Waals surface area contributed by atoms with E-state index in [1.807, 2.05) is 0 Å². The van der Waals surface area contributed by atoms with E-state index in [1.165, 1.54) is 28.5 Å². The number of halogens is 1. The molecule has 0 saturated carbocycles. The molecule has 1 aromatic heterocycles. The number of benzene rings is 1. The molecule has 1 aliphatic rings. The second-order valence-corrected chi connectivity index (χ2v) is 8.33. The second-order valence-electron chi connectivity index (χ2n) is 5.98. The van der Waals surface area contributed by atoms with Crippen LogP contribution in [-0.4, -0.2) is 54.6 Å².